The van der Waals surface area contributed by atoms with Gasteiger partial charge in [-0.05, 0) is 25.8 Å². The molecule has 0 aliphatic carbocycles. The molecule has 0 fully saturated rings. The summed E-state index contributed by atoms with van der Waals surface area (Å²) >= 11 is 0. The van der Waals surface area contributed by atoms with Gasteiger partial charge in [0.2, 0.25) is 0 Å². The molecule has 1 atom stereocenters. The fourth-order valence-corrected chi connectivity index (χ4v) is 2.02. The molecule has 1 N–H and O–H groups in total. The van der Waals surface area contributed by atoms with Gasteiger partial charge in [-0.2, -0.15) is 0 Å². The Balaban J connectivity index is 2.97. The summed E-state index contributed by atoms with van der Waals surface area (Å²) in [6.45, 7) is 8.31. The first-order chi connectivity index (χ1) is 7.70. The Hall–Kier alpha value is -1.02. The van der Waals surface area contributed by atoms with E-state index < -0.39 is 6.10 Å². The minimum absolute atomic E-state index is 0.396. The summed E-state index contributed by atoms with van der Waals surface area (Å²) in [4.78, 5) is 2.36. The number of aliphatic hydroxyl groups excluding tert-OH is 1. The van der Waals surface area contributed by atoms with E-state index in [4.69, 9.17) is 0 Å². The van der Waals surface area contributed by atoms with Gasteiger partial charge in [0.05, 0.1) is 6.10 Å². The second kappa shape index (κ2) is 6.54. The third kappa shape index (κ3) is 3.24. The zero-order valence-corrected chi connectivity index (χ0v) is 10.6. The lowest BCUT2D eigenvalue weighted by Gasteiger charge is -2.27. The minimum Gasteiger partial charge on any atom is -0.389 e. The van der Waals surface area contributed by atoms with E-state index in [-0.39, 0.29) is 0 Å². The normalized spacial score (nSPS) is 12.5. The van der Waals surface area contributed by atoms with Gasteiger partial charge in [0, 0.05) is 24.3 Å². The number of para-hydroxylation sites is 1. The van der Waals surface area contributed by atoms with Gasteiger partial charge < -0.3 is 10.0 Å². The van der Waals surface area contributed by atoms with Crippen LogP contribution in [-0.2, 0) is 0 Å². The van der Waals surface area contributed by atoms with E-state index >= 15 is 0 Å². The van der Waals surface area contributed by atoms with Gasteiger partial charge in [0.1, 0.15) is 0 Å². The average molecular weight is 221 g/mol. The van der Waals surface area contributed by atoms with Crippen LogP contribution in [0.15, 0.2) is 24.3 Å². The van der Waals surface area contributed by atoms with Crippen LogP contribution in [0.3, 0.4) is 0 Å². The highest BCUT2D eigenvalue weighted by Gasteiger charge is 2.12. The van der Waals surface area contributed by atoms with Crippen molar-refractivity contribution in [2.24, 2.45) is 0 Å². The molecular formula is C14H23NO. The van der Waals surface area contributed by atoms with E-state index in [1.807, 2.05) is 25.1 Å². The molecule has 1 aromatic rings. The standard InChI is InChI=1S/C14H23NO/c1-4-10-15(11-5-2)14-9-7-6-8-13(14)12(3)16/h6-9,12,16H,4-5,10-11H2,1-3H3/t12-/m1/s1. The van der Waals surface area contributed by atoms with E-state index in [9.17, 15) is 5.11 Å². The zero-order valence-electron chi connectivity index (χ0n) is 10.6. The Morgan fingerprint density at radius 2 is 1.69 bits per heavy atom. The Labute approximate surface area is 98.9 Å². The molecule has 90 valence electrons. The Bertz CT molecular complexity index is 303. The van der Waals surface area contributed by atoms with Crippen LogP contribution >= 0.6 is 0 Å². The largest absolute Gasteiger partial charge is 0.389 e. The maximum atomic E-state index is 9.76. The van der Waals surface area contributed by atoms with Gasteiger partial charge in [0.25, 0.3) is 0 Å². The van der Waals surface area contributed by atoms with Crippen molar-refractivity contribution in [3.05, 3.63) is 29.8 Å². The van der Waals surface area contributed by atoms with E-state index in [1.54, 1.807) is 0 Å². The first kappa shape index (κ1) is 13.0. The number of anilines is 1. The van der Waals surface area contributed by atoms with Crippen molar-refractivity contribution in [2.45, 2.75) is 39.7 Å². The molecule has 0 saturated carbocycles. The molecule has 0 spiro atoms. The van der Waals surface area contributed by atoms with E-state index in [1.165, 1.54) is 5.69 Å². The number of hydrogen-bond donors (Lipinski definition) is 1. The van der Waals surface area contributed by atoms with Crippen molar-refractivity contribution in [3.8, 4) is 0 Å². The number of hydrogen-bond acceptors (Lipinski definition) is 2. The molecule has 2 nitrogen and oxygen atoms in total. The predicted molar refractivity (Wildman–Crippen MR) is 69.9 cm³/mol. The van der Waals surface area contributed by atoms with E-state index in [0.717, 1.165) is 31.5 Å². The van der Waals surface area contributed by atoms with E-state index in [0.29, 0.717) is 0 Å². The molecule has 0 aromatic heterocycles. The van der Waals surface area contributed by atoms with Crippen LogP contribution in [0.1, 0.15) is 45.3 Å². The SMILES string of the molecule is CCCN(CCC)c1ccccc1[C@@H](C)O. The molecule has 0 amide bonds. The first-order valence-corrected chi connectivity index (χ1v) is 6.22. The molecule has 0 radical (unpaired) electrons. The van der Waals surface area contributed by atoms with Crippen molar-refractivity contribution in [3.63, 3.8) is 0 Å². The van der Waals surface area contributed by atoms with Gasteiger partial charge in [-0.1, -0.05) is 32.0 Å². The molecule has 1 rings (SSSR count). The lowest BCUT2D eigenvalue weighted by molar-refractivity contribution is 0.199. The molecular weight excluding hydrogens is 198 g/mol. The van der Waals surface area contributed by atoms with Crippen LogP contribution in [0.4, 0.5) is 5.69 Å². The number of rotatable bonds is 6. The van der Waals surface area contributed by atoms with Crippen molar-refractivity contribution < 1.29 is 5.11 Å². The summed E-state index contributed by atoms with van der Waals surface area (Å²) in [5, 5.41) is 9.76. The number of benzene rings is 1. The maximum absolute atomic E-state index is 9.76. The van der Waals surface area contributed by atoms with Crippen LogP contribution in [0.25, 0.3) is 0 Å². The van der Waals surface area contributed by atoms with E-state index in [2.05, 4.69) is 24.8 Å². The molecule has 0 unspecified atom stereocenters. The smallest absolute Gasteiger partial charge is 0.0781 e. The van der Waals surface area contributed by atoms with Crippen molar-refractivity contribution >= 4 is 5.69 Å². The fourth-order valence-electron chi connectivity index (χ4n) is 2.02. The van der Waals surface area contributed by atoms with Crippen molar-refractivity contribution in [1.29, 1.82) is 0 Å². The summed E-state index contributed by atoms with van der Waals surface area (Å²) in [7, 11) is 0. The third-order valence-corrected chi connectivity index (χ3v) is 2.71. The maximum Gasteiger partial charge on any atom is 0.0781 e. The minimum atomic E-state index is -0.396. The van der Waals surface area contributed by atoms with Crippen LogP contribution in [0, 0.1) is 0 Å². The monoisotopic (exact) mass is 221 g/mol. The summed E-state index contributed by atoms with van der Waals surface area (Å²) in [6, 6.07) is 8.15. The van der Waals surface area contributed by atoms with Gasteiger partial charge in [0.15, 0.2) is 0 Å². The molecule has 0 saturated heterocycles. The Morgan fingerprint density at radius 3 is 2.19 bits per heavy atom. The van der Waals surface area contributed by atoms with Crippen molar-refractivity contribution in [2.75, 3.05) is 18.0 Å². The van der Waals surface area contributed by atoms with Crippen LogP contribution in [0.2, 0.25) is 0 Å². The zero-order chi connectivity index (χ0) is 12.0. The quantitative estimate of drug-likeness (QED) is 0.796. The Kier molecular flexibility index (Phi) is 5.33. The second-order valence-electron chi connectivity index (χ2n) is 4.22. The highest BCUT2D eigenvalue weighted by molar-refractivity contribution is 5.54. The molecule has 0 heterocycles. The summed E-state index contributed by atoms with van der Waals surface area (Å²) in [6.07, 6.45) is 1.87. The molecule has 16 heavy (non-hydrogen) atoms. The Morgan fingerprint density at radius 1 is 1.12 bits per heavy atom. The molecule has 0 aliphatic heterocycles. The predicted octanol–water partition coefficient (Wildman–Crippen LogP) is 3.37. The van der Waals surface area contributed by atoms with Crippen molar-refractivity contribution in [1.82, 2.24) is 0 Å². The molecule has 0 aliphatic rings. The van der Waals surface area contributed by atoms with Gasteiger partial charge in [-0.25, -0.2) is 0 Å². The lowest BCUT2D eigenvalue weighted by atomic mass is 10.1. The average Bonchev–Trinajstić information content (AvgIpc) is 2.29. The molecule has 2 heteroatoms. The number of aliphatic hydroxyl groups is 1. The third-order valence-electron chi connectivity index (χ3n) is 2.71. The highest BCUT2D eigenvalue weighted by Crippen LogP contribution is 2.26. The van der Waals surface area contributed by atoms with Gasteiger partial charge in [-0.15, -0.1) is 0 Å². The second-order valence-corrected chi connectivity index (χ2v) is 4.22. The molecule has 0 bridgehead atoms. The van der Waals surface area contributed by atoms with Crippen LogP contribution in [0.5, 0.6) is 0 Å². The van der Waals surface area contributed by atoms with Crippen LogP contribution in [-0.4, -0.2) is 18.2 Å². The fraction of sp³-hybridized carbons (Fsp3) is 0.571. The lowest BCUT2D eigenvalue weighted by Crippen LogP contribution is -2.26. The summed E-state index contributed by atoms with van der Waals surface area (Å²) < 4.78 is 0. The summed E-state index contributed by atoms with van der Waals surface area (Å²) in [5.41, 5.74) is 2.21. The number of nitrogens with zero attached hydrogens (tertiary/aromatic N) is 1. The van der Waals surface area contributed by atoms with Gasteiger partial charge in [-0.3, -0.25) is 0 Å². The van der Waals surface area contributed by atoms with Gasteiger partial charge >= 0.3 is 0 Å². The molecule has 1 aromatic carbocycles. The van der Waals surface area contributed by atoms with Crippen LogP contribution < -0.4 is 4.90 Å². The summed E-state index contributed by atoms with van der Waals surface area (Å²) in [5.74, 6) is 0. The highest BCUT2D eigenvalue weighted by atomic mass is 16.3. The first-order valence-electron chi connectivity index (χ1n) is 6.22. The topological polar surface area (TPSA) is 23.5 Å².